The van der Waals surface area contributed by atoms with Crippen molar-refractivity contribution in [3.8, 4) is 22.6 Å². The molecule has 0 aliphatic rings. The molecule has 150 valence electrons. The molecule has 0 radical (unpaired) electrons. The third-order valence-corrected chi connectivity index (χ3v) is 4.33. The summed E-state index contributed by atoms with van der Waals surface area (Å²) < 4.78 is 10.9. The van der Waals surface area contributed by atoms with Crippen LogP contribution in [-0.2, 0) is 4.79 Å². The first-order valence-electron chi connectivity index (χ1n) is 9.11. The molecule has 1 amide bonds. The number of non-ortho nitro benzene ring substituents is 1. The zero-order chi connectivity index (χ0) is 20.8. The Bertz CT molecular complexity index is 823. The highest BCUT2D eigenvalue weighted by Gasteiger charge is 2.21. The van der Waals surface area contributed by atoms with E-state index in [-0.39, 0.29) is 30.3 Å². The van der Waals surface area contributed by atoms with E-state index in [4.69, 9.17) is 9.47 Å². The molecule has 2 rings (SSSR count). The maximum atomic E-state index is 12.6. The van der Waals surface area contributed by atoms with Crippen molar-refractivity contribution >= 4 is 11.6 Å². The van der Waals surface area contributed by atoms with Gasteiger partial charge in [0.15, 0.2) is 6.61 Å². The van der Waals surface area contributed by atoms with Gasteiger partial charge in [-0.2, -0.15) is 0 Å². The van der Waals surface area contributed by atoms with Crippen LogP contribution in [0.3, 0.4) is 0 Å². The van der Waals surface area contributed by atoms with Crippen molar-refractivity contribution in [1.29, 1.82) is 0 Å². The molecule has 0 aliphatic heterocycles. The van der Waals surface area contributed by atoms with Crippen LogP contribution in [0.5, 0.6) is 11.5 Å². The van der Waals surface area contributed by atoms with E-state index in [1.54, 1.807) is 36.3 Å². The minimum Gasteiger partial charge on any atom is -0.497 e. The smallest absolute Gasteiger partial charge is 0.270 e. The van der Waals surface area contributed by atoms with Gasteiger partial charge < -0.3 is 14.4 Å². The van der Waals surface area contributed by atoms with Gasteiger partial charge >= 0.3 is 0 Å². The second-order valence-electron chi connectivity index (χ2n) is 6.94. The monoisotopic (exact) mass is 386 g/mol. The number of nitro groups is 1. The van der Waals surface area contributed by atoms with Crippen LogP contribution in [-0.4, -0.2) is 41.5 Å². The van der Waals surface area contributed by atoms with Gasteiger partial charge in [0.05, 0.1) is 12.0 Å². The van der Waals surface area contributed by atoms with Crippen LogP contribution >= 0.6 is 0 Å². The number of amides is 1. The fraction of sp³-hybridized carbons (Fsp3) is 0.381. The minimum absolute atomic E-state index is 0.0459. The second kappa shape index (κ2) is 9.21. The standard InChI is InChI=1S/C21H26N2O5/c1-14(2)22(15(3)4)21(24)13-28-20-11-8-17(23(25)26)12-19(20)16-6-9-18(27-5)10-7-16/h6-12,14-15H,13H2,1-5H3. The van der Waals surface area contributed by atoms with Crippen molar-refractivity contribution in [2.75, 3.05) is 13.7 Å². The molecule has 0 spiro atoms. The van der Waals surface area contributed by atoms with E-state index >= 15 is 0 Å². The quantitative estimate of drug-likeness (QED) is 0.499. The zero-order valence-electron chi connectivity index (χ0n) is 16.8. The van der Waals surface area contributed by atoms with Crippen molar-refractivity contribution in [2.24, 2.45) is 0 Å². The van der Waals surface area contributed by atoms with E-state index in [2.05, 4.69) is 0 Å². The Hall–Kier alpha value is -3.09. The highest BCUT2D eigenvalue weighted by molar-refractivity contribution is 5.79. The van der Waals surface area contributed by atoms with Crippen molar-refractivity contribution in [3.05, 3.63) is 52.6 Å². The lowest BCUT2D eigenvalue weighted by atomic mass is 10.0. The van der Waals surface area contributed by atoms with Crippen molar-refractivity contribution in [3.63, 3.8) is 0 Å². The highest BCUT2D eigenvalue weighted by atomic mass is 16.6. The predicted octanol–water partition coefficient (Wildman–Crippen LogP) is 4.29. The van der Waals surface area contributed by atoms with E-state index < -0.39 is 4.92 Å². The van der Waals surface area contributed by atoms with Gasteiger partial charge in [-0.05, 0) is 51.5 Å². The number of benzene rings is 2. The van der Waals surface area contributed by atoms with Crippen molar-refractivity contribution < 1.29 is 19.2 Å². The number of nitrogens with zero attached hydrogens (tertiary/aromatic N) is 2. The van der Waals surface area contributed by atoms with Crippen molar-refractivity contribution in [2.45, 2.75) is 39.8 Å². The summed E-state index contributed by atoms with van der Waals surface area (Å²) in [5.74, 6) is 0.956. The second-order valence-corrected chi connectivity index (χ2v) is 6.94. The first kappa shape index (κ1) is 21.2. The summed E-state index contributed by atoms with van der Waals surface area (Å²) in [6, 6.07) is 11.6. The van der Waals surface area contributed by atoms with Crippen LogP contribution in [0.4, 0.5) is 5.69 Å². The Kier molecular flexibility index (Phi) is 6.98. The molecular weight excluding hydrogens is 360 g/mol. The Labute approximate surface area is 165 Å². The minimum atomic E-state index is -0.457. The first-order chi connectivity index (χ1) is 13.2. The maximum absolute atomic E-state index is 12.6. The number of rotatable bonds is 8. The van der Waals surface area contributed by atoms with E-state index in [9.17, 15) is 14.9 Å². The summed E-state index contributed by atoms with van der Waals surface area (Å²) in [7, 11) is 1.57. The number of ether oxygens (including phenoxy) is 2. The lowest BCUT2D eigenvalue weighted by Gasteiger charge is -2.30. The normalized spacial score (nSPS) is 10.8. The number of methoxy groups -OCH3 is 1. The van der Waals surface area contributed by atoms with Gasteiger partial charge in [0.1, 0.15) is 11.5 Å². The van der Waals surface area contributed by atoms with Crippen LogP contribution in [0.25, 0.3) is 11.1 Å². The molecule has 0 aromatic heterocycles. The molecule has 0 heterocycles. The third-order valence-electron chi connectivity index (χ3n) is 4.33. The van der Waals surface area contributed by atoms with Gasteiger partial charge in [0, 0.05) is 29.8 Å². The van der Waals surface area contributed by atoms with Crippen LogP contribution in [0, 0.1) is 10.1 Å². The maximum Gasteiger partial charge on any atom is 0.270 e. The van der Waals surface area contributed by atoms with E-state index in [0.29, 0.717) is 17.1 Å². The largest absolute Gasteiger partial charge is 0.497 e. The highest BCUT2D eigenvalue weighted by Crippen LogP contribution is 2.34. The molecule has 0 atom stereocenters. The number of hydrogen-bond donors (Lipinski definition) is 0. The summed E-state index contributed by atoms with van der Waals surface area (Å²) in [5, 5.41) is 11.2. The number of nitro benzene ring substituents is 1. The number of carbonyl (C=O) groups excluding carboxylic acids is 1. The summed E-state index contributed by atoms with van der Waals surface area (Å²) >= 11 is 0. The van der Waals surface area contributed by atoms with Gasteiger partial charge in [0.25, 0.3) is 11.6 Å². The SMILES string of the molecule is COc1ccc(-c2cc([N+](=O)[O-])ccc2OCC(=O)N(C(C)C)C(C)C)cc1. The van der Waals surface area contributed by atoms with Crippen LogP contribution < -0.4 is 9.47 Å². The molecule has 0 fully saturated rings. The molecule has 7 nitrogen and oxygen atoms in total. The fourth-order valence-electron chi connectivity index (χ4n) is 3.14. The summed E-state index contributed by atoms with van der Waals surface area (Å²) in [4.78, 5) is 25.1. The van der Waals surface area contributed by atoms with Gasteiger partial charge in [-0.15, -0.1) is 0 Å². The number of carbonyl (C=O) groups is 1. The molecule has 0 saturated carbocycles. The first-order valence-corrected chi connectivity index (χ1v) is 9.11. The Morgan fingerprint density at radius 1 is 1.07 bits per heavy atom. The predicted molar refractivity (Wildman–Crippen MR) is 108 cm³/mol. The van der Waals surface area contributed by atoms with Gasteiger partial charge in [-0.25, -0.2) is 0 Å². The summed E-state index contributed by atoms with van der Waals surface area (Å²) in [6.07, 6.45) is 0. The Morgan fingerprint density at radius 3 is 2.18 bits per heavy atom. The summed E-state index contributed by atoms with van der Waals surface area (Å²) in [5.41, 5.74) is 1.23. The summed E-state index contributed by atoms with van der Waals surface area (Å²) in [6.45, 7) is 7.66. The Balaban J connectivity index is 2.32. The molecular formula is C21H26N2O5. The van der Waals surface area contributed by atoms with E-state index in [1.807, 2.05) is 27.7 Å². The third kappa shape index (κ3) is 5.00. The number of hydrogen-bond acceptors (Lipinski definition) is 5. The lowest BCUT2D eigenvalue weighted by molar-refractivity contribution is -0.384. The van der Waals surface area contributed by atoms with Crippen LogP contribution in [0.1, 0.15) is 27.7 Å². The lowest BCUT2D eigenvalue weighted by Crippen LogP contribution is -2.44. The zero-order valence-corrected chi connectivity index (χ0v) is 16.8. The van der Waals surface area contributed by atoms with Gasteiger partial charge in [-0.1, -0.05) is 12.1 Å². The van der Waals surface area contributed by atoms with Crippen LogP contribution in [0.2, 0.25) is 0 Å². The molecule has 0 saturated heterocycles. The molecule has 28 heavy (non-hydrogen) atoms. The molecule has 0 N–H and O–H groups in total. The average Bonchev–Trinajstić information content (AvgIpc) is 2.65. The van der Waals surface area contributed by atoms with Crippen molar-refractivity contribution in [1.82, 2.24) is 4.90 Å². The molecule has 0 aliphatic carbocycles. The van der Waals surface area contributed by atoms with Gasteiger partial charge in [-0.3, -0.25) is 14.9 Å². The average molecular weight is 386 g/mol. The van der Waals surface area contributed by atoms with Gasteiger partial charge in [0.2, 0.25) is 0 Å². The van der Waals surface area contributed by atoms with Crippen LogP contribution in [0.15, 0.2) is 42.5 Å². The fourth-order valence-corrected chi connectivity index (χ4v) is 3.14. The molecule has 0 unspecified atom stereocenters. The molecule has 2 aromatic carbocycles. The van der Waals surface area contributed by atoms with E-state index in [1.165, 1.54) is 18.2 Å². The Morgan fingerprint density at radius 2 is 1.68 bits per heavy atom. The van der Waals surface area contributed by atoms with E-state index in [0.717, 1.165) is 5.56 Å². The molecule has 2 aromatic rings. The molecule has 0 bridgehead atoms. The molecule has 7 heteroatoms. The topological polar surface area (TPSA) is 81.9 Å².